The fraction of sp³-hybridized carbons (Fsp3) is 0.500. The number of sulfonamides is 1. The number of nitrogens with zero attached hydrogens (tertiary/aromatic N) is 1. The molecule has 1 rings (SSSR count). The van der Waals surface area contributed by atoms with Crippen LogP contribution in [0.1, 0.15) is 19.4 Å². The molecule has 0 aromatic heterocycles. The zero-order chi connectivity index (χ0) is 14.6. The average molecular weight is 325 g/mol. The minimum atomic E-state index is -3.57. The van der Waals surface area contributed by atoms with Gasteiger partial charge in [-0.25, -0.2) is 12.7 Å². The molecule has 0 radical (unpaired) electrons. The Bertz CT molecular complexity index is 547. The van der Waals surface area contributed by atoms with E-state index in [0.29, 0.717) is 18.1 Å². The van der Waals surface area contributed by atoms with Gasteiger partial charge in [-0.15, -0.1) is 0 Å². The lowest BCUT2D eigenvalue weighted by Gasteiger charge is -2.17. The molecular weight excluding hydrogens is 307 g/mol. The normalized spacial score (nSPS) is 12.1. The summed E-state index contributed by atoms with van der Waals surface area (Å²) in [5, 5.41) is 3.72. The van der Waals surface area contributed by atoms with E-state index in [4.69, 9.17) is 23.2 Å². The van der Waals surface area contributed by atoms with Crippen molar-refractivity contribution in [2.45, 2.75) is 25.3 Å². The van der Waals surface area contributed by atoms with E-state index in [9.17, 15) is 8.42 Å². The summed E-state index contributed by atoms with van der Waals surface area (Å²) in [6.45, 7) is 5.39. The first kappa shape index (κ1) is 16.7. The first-order valence-corrected chi connectivity index (χ1v) is 8.19. The Balaban J connectivity index is 3.28. The van der Waals surface area contributed by atoms with Crippen molar-refractivity contribution in [2.24, 2.45) is 0 Å². The molecule has 0 saturated heterocycles. The minimum Gasteiger partial charge on any atom is -0.313 e. The van der Waals surface area contributed by atoms with Gasteiger partial charge in [-0.2, -0.15) is 0 Å². The van der Waals surface area contributed by atoms with Gasteiger partial charge in [0.2, 0.25) is 10.0 Å². The number of hydrogen-bond donors (Lipinski definition) is 1. The van der Waals surface area contributed by atoms with Gasteiger partial charge in [0.15, 0.2) is 0 Å². The summed E-state index contributed by atoms with van der Waals surface area (Å²) in [6.07, 6.45) is 0. The van der Waals surface area contributed by atoms with Gasteiger partial charge < -0.3 is 5.32 Å². The highest BCUT2D eigenvalue weighted by Crippen LogP contribution is 2.30. The maximum Gasteiger partial charge on any atom is 0.244 e. The van der Waals surface area contributed by atoms with Crippen LogP contribution >= 0.6 is 23.2 Å². The quantitative estimate of drug-likeness (QED) is 0.875. The molecule has 0 spiro atoms. The van der Waals surface area contributed by atoms with Crippen LogP contribution in [-0.2, 0) is 16.6 Å². The van der Waals surface area contributed by atoms with Crippen molar-refractivity contribution in [3.05, 3.63) is 27.7 Å². The van der Waals surface area contributed by atoms with Gasteiger partial charge in [-0.05, 0) is 24.2 Å². The van der Waals surface area contributed by atoms with E-state index in [1.165, 1.54) is 23.5 Å². The first-order valence-electron chi connectivity index (χ1n) is 5.99. The van der Waals surface area contributed by atoms with Gasteiger partial charge in [-0.3, -0.25) is 0 Å². The maximum absolute atomic E-state index is 12.3. The molecule has 1 aromatic carbocycles. The maximum atomic E-state index is 12.3. The van der Waals surface area contributed by atoms with Crippen LogP contribution in [-0.4, -0.2) is 32.9 Å². The molecule has 7 heteroatoms. The molecular formula is C12H18Cl2N2O2S. The highest BCUT2D eigenvalue weighted by atomic mass is 35.5. The zero-order valence-electron chi connectivity index (χ0n) is 11.2. The van der Waals surface area contributed by atoms with Gasteiger partial charge >= 0.3 is 0 Å². The molecule has 0 unspecified atom stereocenters. The lowest BCUT2D eigenvalue weighted by Crippen LogP contribution is -2.27. The van der Waals surface area contributed by atoms with Crippen LogP contribution < -0.4 is 5.32 Å². The average Bonchev–Trinajstić information content (AvgIpc) is 2.36. The molecule has 0 aliphatic heterocycles. The second kappa shape index (κ2) is 6.90. The predicted octanol–water partition coefficient (Wildman–Crippen LogP) is 2.74. The third kappa shape index (κ3) is 3.83. The van der Waals surface area contributed by atoms with E-state index in [-0.39, 0.29) is 9.92 Å². The van der Waals surface area contributed by atoms with Crippen molar-refractivity contribution in [1.82, 2.24) is 9.62 Å². The number of benzene rings is 1. The molecule has 0 atom stereocenters. The molecule has 108 valence electrons. The lowest BCUT2D eigenvalue weighted by atomic mass is 10.2. The minimum absolute atomic E-state index is 0.0934. The highest BCUT2D eigenvalue weighted by Gasteiger charge is 2.23. The van der Waals surface area contributed by atoms with Gasteiger partial charge in [0.1, 0.15) is 4.90 Å². The second-order valence-corrected chi connectivity index (χ2v) is 6.90. The number of nitrogens with one attached hydrogen (secondary N) is 1. The van der Waals surface area contributed by atoms with E-state index >= 15 is 0 Å². The summed E-state index contributed by atoms with van der Waals surface area (Å²) < 4.78 is 25.8. The van der Waals surface area contributed by atoms with E-state index in [1.807, 2.05) is 6.92 Å². The van der Waals surface area contributed by atoms with E-state index < -0.39 is 10.0 Å². The SMILES string of the molecule is CCNCc1cc(S(=O)(=O)N(C)CC)c(Cl)cc1Cl. The lowest BCUT2D eigenvalue weighted by molar-refractivity contribution is 0.486. The highest BCUT2D eigenvalue weighted by molar-refractivity contribution is 7.89. The van der Waals surface area contributed by atoms with Crippen molar-refractivity contribution in [2.75, 3.05) is 20.1 Å². The molecule has 4 nitrogen and oxygen atoms in total. The Morgan fingerprint density at radius 2 is 1.84 bits per heavy atom. The molecule has 1 N–H and O–H groups in total. The van der Waals surface area contributed by atoms with Crippen molar-refractivity contribution in [3.63, 3.8) is 0 Å². The Morgan fingerprint density at radius 1 is 1.21 bits per heavy atom. The molecule has 0 aliphatic rings. The molecule has 0 fully saturated rings. The summed E-state index contributed by atoms with van der Waals surface area (Å²) >= 11 is 12.1. The zero-order valence-corrected chi connectivity index (χ0v) is 13.5. The van der Waals surface area contributed by atoms with Crippen LogP contribution in [0.15, 0.2) is 17.0 Å². The van der Waals surface area contributed by atoms with Crippen molar-refractivity contribution < 1.29 is 8.42 Å². The Labute approximate surface area is 124 Å². The molecule has 0 bridgehead atoms. The first-order chi connectivity index (χ1) is 8.84. The number of halogens is 2. The van der Waals surface area contributed by atoms with Crippen LogP contribution in [0, 0.1) is 0 Å². The summed E-state index contributed by atoms with van der Waals surface area (Å²) in [7, 11) is -2.05. The van der Waals surface area contributed by atoms with Crippen LogP contribution in [0.5, 0.6) is 0 Å². The summed E-state index contributed by atoms with van der Waals surface area (Å²) in [5.74, 6) is 0. The van der Waals surface area contributed by atoms with Crippen molar-refractivity contribution >= 4 is 33.2 Å². The smallest absolute Gasteiger partial charge is 0.244 e. The predicted molar refractivity (Wildman–Crippen MR) is 79.3 cm³/mol. The van der Waals surface area contributed by atoms with Crippen molar-refractivity contribution in [3.8, 4) is 0 Å². The van der Waals surface area contributed by atoms with E-state index in [1.54, 1.807) is 6.92 Å². The topological polar surface area (TPSA) is 49.4 Å². The Kier molecular flexibility index (Phi) is 6.08. The Hall–Kier alpha value is -0.330. The second-order valence-electron chi connectivity index (χ2n) is 4.07. The monoisotopic (exact) mass is 324 g/mol. The molecule has 0 saturated carbocycles. The van der Waals surface area contributed by atoms with Gasteiger partial charge in [0, 0.05) is 25.2 Å². The number of hydrogen-bond acceptors (Lipinski definition) is 3. The summed E-state index contributed by atoms with van der Waals surface area (Å²) in [6, 6.07) is 3.01. The van der Waals surface area contributed by atoms with Gasteiger partial charge in [0.25, 0.3) is 0 Å². The molecule has 0 aliphatic carbocycles. The fourth-order valence-corrected chi connectivity index (χ4v) is 3.52. The molecule has 19 heavy (non-hydrogen) atoms. The largest absolute Gasteiger partial charge is 0.313 e. The third-order valence-electron chi connectivity index (χ3n) is 2.80. The molecule has 1 aromatic rings. The van der Waals surface area contributed by atoms with E-state index in [2.05, 4.69) is 5.32 Å². The van der Waals surface area contributed by atoms with Crippen LogP contribution in [0.4, 0.5) is 0 Å². The van der Waals surface area contributed by atoms with E-state index in [0.717, 1.165) is 12.1 Å². The van der Waals surface area contributed by atoms with Gasteiger partial charge in [-0.1, -0.05) is 37.0 Å². The molecule has 0 heterocycles. The summed E-state index contributed by atoms with van der Waals surface area (Å²) in [5.41, 5.74) is 0.719. The Morgan fingerprint density at radius 3 is 2.37 bits per heavy atom. The van der Waals surface area contributed by atoms with Crippen LogP contribution in [0.25, 0.3) is 0 Å². The number of rotatable bonds is 6. The summed E-state index contributed by atoms with van der Waals surface area (Å²) in [4.78, 5) is 0.0934. The van der Waals surface area contributed by atoms with Gasteiger partial charge in [0.05, 0.1) is 5.02 Å². The molecule has 0 amide bonds. The van der Waals surface area contributed by atoms with Crippen LogP contribution in [0.2, 0.25) is 10.0 Å². The fourth-order valence-electron chi connectivity index (χ4n) is 1.50. The third-order valence-corrected chi connectivity index (χ3v) is 5.55. The van der Waals surface area contributed by atoms with Crippen LogP contribution in [0.3, 0.4) is 0 Å². The van der Waals surface area contributed by atoms with Crippen molar-refractivity contribution in [1.29, 1.82) is 0 Å². The standard InChI is InChI=1S/C12H18Cl2N2O2S/c1-4-15-8-9-6-12(11(14)7-10(9)13)19(17,18)16(3)5-2/h6-7,15H,4-5,8H2,1-3H3.